The van der Waals surface area contributed by atoms with Crippen molar-refractivity contribution in [3.05, 3.63) is 0 Å². The zero-order chi connectivity index (χ0) is 19.1. The zero-order valence-corrected chi connectivity index (χ0v) is 21.0. The van der Waals surface area contributed by atoms with E-state index in [-0.39, 0.29) is 11.2 Å². The highest BCUT2D eigenvalue weighted by Crippen LogP contribution is 2.25. The van der Waals surface area contributed by atoms with E-state index in [0.717, 1.165) is 34.5 Å². The second kappa shape index (κ2) is 15.2. The predicted molar refractivity (Wildman–Crippen MR) is 124 cm³/mol. The van der Waals surface area contributed by atoms with Crippen molar-refractivity contribution in [3.8, 4) is 0 Å². The molecule has 1 saturated heterocycles. The van der Waals surface area contributed by atoms with Gasteiger partial charge in [-0.2, -0.15) is 0 Å². The van der Waals surface area contributed by atoms with Gasteiger partial charge in [0.15, 0.2) is 0 Å². The van der Waals surface area contributed by atoms with Crippen LogP contribution in [0.5, 0.6) is 0 Å². The van der Waals surface area contributed by atoms with Gasteiger partial charge in [0.1, 0.15) is 11.2 Å². The first kappa shape index (κ1) is 25.3. The summed E-state index contributed by atoms with van der Waals surface area (Å²) in [6.45, 7) is 5.74. The van der Waals surface area contributed by atoms with Crippen molar-refractivity contribution >= 4 is 45.2 Å². The molecule has 0 spiro atoms. The van der Waals surface area contributed by atoms with Crippen molar-refractivity contribution in [2.45, 2.75) is 102 Å². The summed E-state index contributed by atoms with van der Waals surface area (Å²) in [4.78, 5) is 22.6. The Morgan fingerprint density at radius 3 is 1.31 bits per heavy atom. The van der Waals surface area contributed by atoms with E-state index in [0.29, 0.717) is 13.2 Å². The first-order valence-electron chi connectivity index (χ1n) is 10.3. The summed E-state index contributed by atoms with van der Waals surface area (Å²) in [6.07, 6.45) is 14.0. The highest BCUT2D eigenvalue weighted by molar-refractivity contribution is 14.1. The molecule has 0 aromatic heterocycles. The maximum atomic E-state index is 5.76. The zero-order valence-electron chi connectivity index (χ0n) is 16.7. The van der Waals surface area contributed by atoms with Gasteiger partial charge in [-0.1, -0.05) is 96.5 Å². The number of alkyl halides is 2. The largest absolute Gasteiger partial charge is 0.236 e. The molecule has 1 aliphatic rings. The molecule has 1 aliphatic heterocycles. The molecular weight excluding hydrogens is 558 g/mol. The summed E-state index contributed by atoms with van der Waals surface area (Å²) in [7, 11) is 0. The lowest BCUT2D eigenvalue weighted by atomic mass is 10.00. The highest BCUT2D eigenvalue weighted by atomic mass is 127. The minimum atomic E-state index is -0.151. The Bertz CT molecular complexity index is 290. The Labute approximate surface area is 188 Å². The molecule has 0 radical (unpaired) electrons. The lowest BCUT2D eigenvalue weighted by Crippen LogP contribution is -2.31. The molecule has 0 bridgehead atoms. The van der Waals surface area contributed by atoms with Gasteiger partial charge in [-0.15, -0.1) is 0 Å². The van der Waals surface area contributed by atoms with Crippen LogP contribution in [-0.4, -0.2) is 33.3 Å². The third-order valence-corrected chi connectivity index (χ3v) is 8.18. The second-order valence-corrected chi connectivity index (χ2v) is 9.54. The third-order valence-electron chi connectivity index (χ3n) is 4.95. The van der Waals surface area contributed by atoms with E-state index in [1.54, 1.807) is 0 Å². The summed E-state index contributed by atoms with van der Waals surface area (Å²) in [5.41, 5.74) is -0.301. The molecule has 0 saturated carbocycles. The molecule has 4 nitrogen and oxygen atoms in total. The molecule has 1 rings (SSSR count). The molecule has 2 atom stereocenters. The Balaban J connectivity index is 2.38. The molecule has 0 aliphatic carbocycles. The lowest BCUT2D eigenvalue weighted by molar-refractivity contribution is -0.353. The maximum absolute atomic E-state index is 5.76. The standard InChI is InChI=1S/C20H38I2O4/c1-19(17-21)13-9-5-3-7-12-16-24-26-20(2,18-22)14-10-6-4-8-11-15-23-25-19/h3-18H2,1-2H3. The first-order chi connectivity index (χ1) is 12.5. The van der Waals surface area contributed by atoms with Crippen molar-refractivity contribution in [3.63, 3.8) is 0 Å². The third kappa shape index (κ3) is 12.0. The summed E-state index contributed by atoms with van der Waals surface area (Å²) in [5.74, 6) is 0. The fourth-order valence-electron chi connectivity index (χ4n) is 3.01. The Hall–Kier alpha value is 1.30. The van der Waals surface area contributed by atoms with Crippen LogP contribution < -0.4 is 0 Å². The number of hydrogen-bond acceptors (Lipinski definition) is 4. The van der Waals surface area contributed by atoms with E-state index in [9.17, 15) is 0 Å². The predicted octanol–water partition coefficient (Wildman–Crippen LogP) is 6.97. The van der Waals surface area contributed by atoms with Crippen LogP contribution in [0.1, 0.15) is 90.9 Å². The highest BCUT2D eigenvalue weighted by Gasteiger charge is 2.26. The van der Waals surface area contributed by atoms with Crippen LogP contribution in [0.15, 0.2) is 0 Å². The molecule has 0 amide bonds. The van der Waals surface area contributed by atoms with Crippen LogP contribution in [0.2, 0.25) is 0 Å². The molecule has 2 unspecified atom stereocenters. The van der Waals surface area contributed by atoms with Crippen LogP contribution in [0.4, 0.5) is 0 Å². The SMILES string of the molecule is CC1(CI)CCCCCCCOOC(C)(CI)CCCCCCCOO1. The lowest BCUT2D eigenvalue weighted by Gasteiger charge is -2.26. The molecule has 6 heteroatoms. The molecule has 0 aromatic rings. The minimum absolute atomic E-state index is 0.151. The number of hydrogen-bond donors (Lipinski definition) is 0. The first-order valence-corrected chi connectivity index (χ1v) is 13.3. The van der Waals surface area contributed by atoms with Crippen molar-refractivity contribution in [2.24, 2.45) is 0 Å². The van der Waals surface area contributed by atoms with Gasteiger partial charge in [-0.05, 0) is 39.5 Å². The van der Waals surface area contributed by atoms with Gasteiger partial charge in [0, 0.05) is 8.86 Å². The average molecular weight is 596 g/mol. The molecule has 1 fully saturated rings. The van der Waals surface area contributed by atoms with E-state index in [2.05, 4.69) is 59.0 Å². The minimum Gasteiger partial charge on any atom is -0.236 e. The van der Waals surface area contributed by atoms with Crippen molar-refractivity contribution in [1.82, 2.24) is 0 Å². The van der Waals surface area contributed by atoms with Gasteiger partial charge in [-0.25, -0.2) is 19.6 Å². The fraction of sp³-hybridized carbons (Fsp3) is 1.00. The summed E-state index contributed by atoms with van der Waals surface area (Å²) in [6, 6.07) is 0. The van der Waals surface area contributed by atoms with E-state index >= 15 is 0 Å². The van der Waals surface area contributed by atoms with E-state index in [4.69, 9.17) is 19.6 Å². The van der Waals surface area contributed by atoms with Gasteiger partial charge in [0.25, 0.3) is 0 Å². The van der Waals surface area contributed by atoms with Gasteiger partial charge >= 0.3 is 0 Å². The van der Waals surface area contributed by atoms with Crippen LogP contribution in [0, 0.1) is 0 Å². The maximum Gasteiger partial charge on any atom is 0.110 e. The fourth-order valence-corrected chi connectivity index (χ4v) is 4.03. The molecule has 1 heterocycles. The smallest absolute Gasteiger partial charge is 0.110 e. The summed E-state index contributed by atoms with van der Waals surface area (Å²) >= 11 is 4.81. The van der Waals surface area contributed by atoms with Gasteiger partial charge < -0.3 is 0 Å². The van der Waals surface area contributed by atoms with Crippen LogP contribution in [0.25, 0.3) is 0 Å². The van der Waals surface area contributed by atoms with Gasteiger partial charge in [0.2, 0.25) is 0 Å². The quantitative estimate of drug-likeness (QED) is 0.196. The van der Waals surface area contributed by atoms with Gasteiger partial charge in [-0.3, -0.25) is 0 Å². The number of halogens is 2. The Morgan fingerprint density at radius 1 is 0.577 bits per heavy atom. The van der Waals surface area contributed by atoms with Gasteiger partial charge in [0.05, 0.1) is 13.2 Å². The normalized spacial score (nSPS) is 32.8. The molecule has 26 heavy (non-hydrogen) atoms. The van der Waals surface area contributed by atoms with Crippen LogP contribution in [0.3, 0.4) is 0 Å². The summed E-state index contributed by atoms with van der Waals surface area (Å²) < 4.78 is 1.93. The molecule has 0 N–H and O–H groups in total. The Kier molecular flexibility index (Phi) is 14.8. The van der Waals surface area contributed by atoms with Crippen molar-refractivity contribution in [1.29, 1.82) is 0 Å². The average Bonchev–Trinajstić information content (AvgIpc) is 2.64. The summed E-state index contributed by atoms with van der Waals surface area (Å²) in [5, 5.41) is 0. The Morgan fingerprint density at radius 2 is 0.923 bits per heavy atom. The topological polar surface area (TPSA) is 36.9 Å². The molecule has 156 valence electrons. The molecule has 0 aromatic carbocycles. The van der Waals surface area contributed by atoms with E-state index < -0.39 is 0 Å². The second-order valence-electron chi connectivity index (χ2n) is 8.01. The van der Waals surface area contributed by atoms with Crippen molar-refractivity contribution < 1.29 is 19.6 Å². The van der Waals surface area contributed by atoms with Crippen LogP contribution >= 0.6 is 45.2 Å². The van der Waals surface area contributed by atoms with Crippen molar-refractivity contribution in [2.75, 3.05) is 22.1 Å². The molecular formula is C20H38I2O4. The van der Waals surface area contributed by atoms with Crippen LogP contribution in [-0.2, 0) is 19.6 Å². The van der Waals surface area contributed by atoms with E-state index in [1.165, 1.54) is 51.4 Å². The monoisotopic (exact) mass is 596 g/mol. The number of rotatable bonds is 2. The van der Waals surface area contributed by atoms with E-state index in [1.807, 2.05) is 0 Å².